The van der Waals surface area contributed by atoms with Crippen LogP contribution in [0.25, 0.3) is 6.08 Å². The van der Waals surface area contributed by atoms with Gasteiger partial charge in [0.2, 0.25) is 0 Å². The van der Waals surface area contributed by atoms with Crippen LogP contribution in [0.15, 0.2) is 36.0 Å². The van der Waals surface area contributed by atoms with Crippen LogP contribution in [-0.2, 0) is 14.3 Å². The van der Waals surface area contributed by atoms with Gasteiger partial charge in [0.05, 0.1) is 0 Å². The topological polar surface area (TPSA) is 88.1 Å². The smallest absolute Gasteiger partial charge is 0.326 e. The Bertz CT molecular complexity index is 686. The Hall–Kier alpha value is -2.38. The average molecular weight is 421 g/mol. The molecule has 7 heteroatoms. The number of methoxy groups -OCH3 is 2. The van der Waals surface area contributed by atoms with Gasteiger partial charge < -0.3 is 19.9 Å². The van der Waals surface area contributed by atoms with E-state index in [0.717, 1.165) is 31.2 Å². The lowest BCUT2D eigenvalue weighted by Crippen LogP contribution is -2.51. The third-order valence-corrected chi connectivity index (χ3v) is 5.13. The van der Waals surface area contributed by atoms with Crippen molar-refractivity contribution in [2.24, 2.45) is 5.92 Å². The van der Waals surface area contributed by atoms with Crippen LogP contribution < -0.4 is 5.32 Å². The number of rotatable bonds is 10. The van der Waals surface area contributed by atoms with E-state index in [4.69, 9.17) is 14.6 Å². The van der Waals surface area contributed by atoms with E-state index in [-0.39, 0.29) is 12.5 Å². The van der Waals surface area contributed by atoms with Crippen molar-refractivity contribution in [1.82, 2.24) is 10.2 Å². The number of urea groups is 1. The number of nitrogens with one attached hydrogen (secondary N) is 1. The minimum atomic E-state index is -1.20. The number of unbranched alkanes of at least 4 members (excludes halogenated alkanes) is 1. The Morgan fingerprint density at radius 3 is 2.27 bits per heavy atom. The highest BCUT2D eigenvalue weighted by molar-refractivity contribution is 5.83. The molecular weight excluding hydrogens is 384 g/mol. The lowest BCUT2D eigenvalue weighted by atomic mass is 9.98. The third kappa shape index (κ3) is 6.85. The number of benzene rings is 1. The summed E-state index contributed by atoms with van der Waals surface area (Å²) >= 11 is 0. The maximum absolute atomic E-state index is 12.6. The van der Waals surface area contributed by atoms with Crippen LogP contribution in [0.2, 0.25) is 0 Å². The van der Waals surface area contributed by atoms with Crippen molar-refractivity contribution in [2.45, 2.75) is 58.8 Å². The first-order valence-corrected chi connectivity index (χ1v) is 10.6. The van der Waals surface area contributed by atoms with Gasteiger partial charge in [-0.3, -0.25) is 9.69 Å². The molecule has 0 saturated carbocycles. The summed E-state index contributed by atoms with van der Waals surface area (Å²) in [7, 11) is 3.14. The van der Waals surface area contributed by atoms with Crippen molar-refractivity contribution in [2.75, 3.05) is 20.8 Å². The molecule has 2 amide bonds. The van der Waals surface area contributed by atoms with E-state index in [9.17, 15) is 9.59 Å². The Kier molecular flexibility index (Phi) is 11.1. The Labute approximate surface area is 180 Å². The zero-order valence-electron chi connectivity index (χ0n) is 18.8. The van der Waals surface area contributed by atoms with Crippen LogP contribution in [0.1, 0.15) is 58.4 Å². The number of hydrogen-bond donors (Lipinski definition) is 2. The summed E-state index contributed by atoms with van der Waals surface area (Å²) in [5.74, 6) is -1.52. The molecule has 0 aromatic heterocycles. The molecule has 0 spiro atoms. The summed E-state index contributed by atoms with van der Waals surface area (Å²) in [6.45, 7) is 6.55. The van der Waals surface area contributed by atoms with Gasteiger partial charge in [0, 0.05) is 27.2 Å². The van der Waals surface area contributed by atoms with Gasteiger partial charge in [0.1, 0.15) is 5.70 Å². The molecule has 0 bridgehead atoms. The molecule has 1 aromatic carbocycles. The molecule has 1 unspecified atom stereocenters. The molecular formula is C23H36N2O5. The lowest BCUT2D eigenvalue weighted by molar-refractivity contribution is -0.244. The molecule has 2 N–H and O–H groups in total. The highest BCUT2D eigenvalue weighted by atomic mass is 16.7. The van der Waals surface area contributed by atoms with E-state index in [0.29, 0.717) is 18.2 Å². The molecule has 168 valence electrons. The number of carboxylic acid groups (broad SMARTS) is 1. The number of carbonyl (C=O) groups excluding carboxylic acids is 1. The first-order valence-electron chi connectivity index (χ1n) is 10.6. The summed E-state index contributed by atoms with van der Waals surface area (Å²) in [5.41, 5.74) is 1.59. The van der Waals surface area contributed by atoms with Crippen molar-refractivity contribution in [3.63, 3.8) is 0 Å². The number of hydrogen-bond acceptors (Lipinski definition) is 4. The van der Waals surface area contributed by atoms with Gasteiger partial charge >= 0.3 is 12.0 Å². The Balaban J connectivity index is 0.000000804. The number of nitrogens with zero attached hydrogens (tertiary/aromatic N) is 1. The Morgan fingerprint density at radius 1 is 1.20 bits per heavy atom. The van der Waals surface area contributed by atoms with Crippen molar-refractivity contribution in [3.05, 3.63) is 41.6 Å². The van der Waals surface area contributed by atoms with Crippen LogP contribution in [0, 0.1) is 5.92 Å². The molecule has 2 rings (SSSR count). The highest BCUT2D eigenvalue weighted by Crippen LogP contribution is 2.34. The predicted octanol–water partition coefficient (Wildman–Crippen LogP) is 4.70. The predicted molar refractivity (Wildman–Crippen MR) is 118 cm³/mol. The van der Waals surface area contributed by atoms with E-state index in [1.165, 1.54) is 0 Å². The number of carboxylic acids is 1. The lowest BCUT2D eigenvalue weighted by Gasteiger charge is -2.36. The first-order chi connectivity index (χ1) is 14.4. The van der Waals surface area contributed by atoms with Crippen molar-refractivity contribution >= 4 is 18.1 Å². The maximum Gasteiger partial charge on any atom is 0.326 e. The van der Waals surface area contributed by atoms with E-state index >= 15 is 0 Å². The molecule has 1 heterocycles. The normalized spacial score (nSPS) is 17.3. The van der Waals surface area contributed by atoms with Crippen LogP contribution >= 0.6 is 0 Å². The number of aliphatic carboxylic acids is 1. The van der Waals surface area contributed by atoms with Gasteiger partial charge in [-0.05, 0) is 24.0 Å². The fourth-order valence-electron chi connectivity index (χ4n) is 3.29. The molecule has 30 heavy (non-hydrogen) atoms. The molecule has 1 atom stereocenters. The monoisotopic (exact) mass is 420 g/mol. The fraction of sp³-hybridized carbons (Fsp3) is 0.565. The summed E-state index contributed by atoms with van der Waals surface area (Å²) < 4.78 is 11.4. The second-order valence-corrected chi connectivity index (χ2v) is 7.16. The molecule has 1 aliphatic rings. The van der Waals surface area contributed by atoms with Gasteiger partial charge in [-0.25, -0.2) is 4.79 Å². The SMILES string of the molecule is CCC(=O)O.CCCCC(CC)CN1C(=O)NC(=Cc2ccccc2)C1(OC)OC. The van der Waals surface area contributed by atoms with Gasteiger partial charge in [-0.1, -0.05) is 70.4 Å². The summed E-state index contributed by atoms with van der Waals surface area (Å²) in [4.78, 5) is 23.7. The first kappa shape index (κ1) is 25.7. The van der Waals surface area contributed by atoms with E-state index in [2.05, 4.69) is 19.2 Å². The zero-order chi connectivity index (χ0) is 22.6. The van der Waals surface area contributed by atoms with E-state index in [1.807, 2.05) is 36.4 Å². The van der Waals surface area contributed by atoms with Gasteiger partial charge in [-0.2, -0.15) is 0 Å². The van der Waals surface area contributed by atoms with Crippen LogP contribution in [0.3, 0.4) is 0 Å². The van der Waals surface area contributed by atoms with Crippen LogP contribution in [-0.4, -0.2) is 48.7 Å². The van der Waals surface area contributed by atoms with Crippen LogP contribution in [0.4, 0.5) is 4.79 Å². The molecule has 0 aliphatic carbocycles. The second-order valence-electron chi connectivity index (χ2n) is 7.16. The minimum absolute atomic E-state index is 0.180. The second kappa shape index (κ2) is 13.0. The largest absolute Gasteiger partial charge is 0.481 e. The summed E-state index contributed by atoms with van der Waals surface area (Å²) in [6.07, 6.45) is 6.55. The fourth-order valence-corrected chi connectivity index (χ4v) is 3.29. The molecule has 1 aliphatic heterocycles. The van der Waals surface area contributed by atoms with Crippen molar-refractivity contribution < 1.29 is 24.2 Å². The quantitative estimate of drug-likeness (QED) is 0.536. The average Bonchev–Trinajstić information content (AvgIpc) is 3.02. The molecule has 1 saturated heterocycles. The third-order valence-electron chi connectivity index (χ3n) is 5.13. The number of ether oxygens (including phenoxy) is 2. The van der Waals surface area contributed by atoms with Crippen LogP contribution in [0.5, 0.6) is 0 Å². The van der Waals surface area contributed by atoms with Gasteiger partial charge in [0.25, 0.3) is 5.91 Å². The van der Waals surface area contributed by atoms with Gasteiger partial charge in [0.15, 0.2) is 0 Å². The molecule has 7 nitrogen and oxygen atoms in total. The zero-order valence-corrected chi connectivity index (χ0v) is 18.8. The minimum Gasteiger partial charge on any atom is -0.481 e. The van der Waals surface area contributed by atoms with Crippen molar-refractivity contribution in [1.29, 1.82) is 0 Å². The standard InChI is InChI=1S/C20H30N2O3.C3H6O2/c1-5-7-11-16(6-2)15-22-19(23)21-18(20(22,24-3)25-4)14-17-12-9-8-10-13-17;1-2-3(4)5/h8-10,12-14,16H,5-7,11,15H2,1-4H3,(H,21,23);2H2,1H3,(H,4,5). The maximum atomic E-state index is 12.6. The summed E-state index contributed by atoms with van der Waals surface area (Å²) in [6, 6.07) is 9.66. The summed E-state index contributed by atoms with van der Waals surface area (Å²) in [5, 5.41) is 10.7. The van der Waals surface area contributed by atoms with E-state index in [1.54, 1.807) is 26.0 Å². The molecule has 1 fully saturated rings. The van der Waals surface area contributed by atoms with E-state index < -0.39 is 11.9 Å². The number of amides is 2. The number of carbonyl (C=O) groups is 2. The van der Waals surface area contributed by atoms with Crippen molar-refractivity contribution in [3.8, 4) is 0 Å². The highest BCUT2D eigenvalue weighted by Gasteiger charge is 2.51. The molecule has 0 radical (unpaired) electrons. The molecule has 1 aromatic rings. The van der Waals surface area contributed by atoms with Gasteiger partial charge in [-0.15, -0.1) is 0 Å². The Morgan fingerprint density at radius 2 is 1.80 bits per heavy atom.